The molecule has 0 saturated heterocycles. The predicted molar refractivity (Wildman–Crippen MR) is 127 cm³/mol. The Kier molecular flexibility index (Phi) is 9.01. The molecular weight excluding hydrogens is 503 g/mol. The summed E-state index contributed by atoms with van der Waals surface area (Å²) >= 11 is 5.90. The summed E-state index contributed by atoms with van der Waals surface area (Å²) < 4.78 is 5.11. The van der Waals surface area contributed by atoms with Gasteiger partial charge >= 0.3 is 0 Å². The minimum Gasteiger partial charge on any atom is -0.459 e. The normalized spacial score (nSPS) is 10.8. The van der Waals surface area contributed by atoms with Crippen LogP contribution in [-0.4, -0.2) is 18.9 Å². The summed E-state index contributed by atoms with van der Waals surface area (Å²) in [4.78, 5) is 16.3. The molecule has 1 aromatic heterocycles. The van der Waals surface area contributed by atoms with Crippen LogP contribution in [-0.2, 0) is 13.1 Å². The highest BCUT2D eigenvalue weighted by atomic mass is 127. The van der Waals surface area contributed by atoms with Crippen molar-refractivity contribution in [3.8, 4) is 0 Å². The van der Waals surface area contributed by atoms with Crippen LogP contribution in [0.4, 0.5) is 5.69 Å². The third-order valence-corrected chi connectivity index (χ3v) is 4.24. The largest absolute Gasteiger partial charge is 0.459 e. The predicted octanol–water partition coefficient (Wildman–Crippen LogP) is 4.67. The monoisotopic (exact) mass is 524 g/mol. The lowest BCUT2D eigenvalue weighted by Gasteiger charge is -2.13. The molecule has 2 aromatic carbocycles. The second kappa shape index (κ2) is 11.5. The van der Waals surface area contributed by atoms with Crippen molar-refractivity contribution in [3.05, 3.63) is 88.8 Å². The summed E-state index contributed by atoms with van der Waals surface area (Å²) in [5.41, 5.74) is 2.81. The Balaban J connectivity index is 0.00000300. The van der Waals surface area contributed by atoms with Crippen LogP contribution in [0, 0.1) is 0 Å². The highest BCUT2D eigenvalue weighted by Crippen LogP contribution is 2.13. The quantitative estimate of drug-likeness (QED) is 0.249. The van der Waals surface area contributed by atoms with E-state index in [4.69, 9.17) is 16.0 Å². The molecule has 1 heterocycles. The van der Waals surface area contributed by atoms with E-state index in [1.54, 1.807) is 19.2 Å². The average molecular weight is 525 g/mol. The molecule has 0 unspecified atom stereocenters. The number of furan rings is 1. The van der Waals surface area contributed by atoms with Gasteiger partial charge in [0.1, 0.15) is 0 Å². The Bertz CT molecular complexity index is 944. The van der Waals surface area contributed by atoms with Crippen molar-refractivity contribution >= 4 is 53.1 Å². The minimum atomic E-state index is -0.282. The average Bonchev–Trinajstić information content (AvgIpc) is 3.25. The van der Waals surface area contributed by atoms with Crippen molar-refractivity contribution in [2.75, 3.05) is 12.4 Å². The zero-order chi connectivity index (χ0) is 19.8. The number of guanidine groups is 1. The molecule has 6 nitrogen and oxygen atoms in total. The van der Waals surface area contributed by atoms with Gasteiger partial charge in [0.05, 0.1) is 6.26 Å². The van der Waals surface area contributed by atoms with Crippen LogP contribution < -0.4 is 16.0 Å². The lowest BCUT2D eigenvalue weighted by molar-refractivity contribution is 0.0996. The van der Waals surface area contributed by atoms with Gasteiger partial charge in [-0.25, -0.2) is 0 Å². The Morgan fingerprint density at radius 2 is 1.72 bits per heavy atom. The summed E-state index contributed by atoms with van der Waals surface area (Å²) in [6.45, 7) is 1.20. The van der Waals surface area contributed by atoms with E-state index in [1.807, 2.05) is 48.5 Å². The van der Waals surface area contributed by atoms with E-state index in [1.165, 1.54) is 6.26 Å². The van der Waals surface area contributed by atoms with Crippen molar-refractivity contribution in [2.24, 2.45) is 4.99 Å². The molecule has 0 fully saturated rings. The molecule has 3 aromatic rings. The SMILES string of the molecule is CN=C(NCc1ccc(Cl)cc1)NCc1cccc(NC(=O)c2ccco2)c1.I. The van der Waals surface area contributed by atoms with E-state index in [2.05, 4.69) is 20.9 Å². The summed E-state index contributed by atoms with van der Waals surface area (Å²) in [7, 11) is 1.72. The van der Waals surface area contributed by atoms with E-state index in [9.17, 15) is 4.79 Å². The van der Waals surface area contributed by atoms with Crippen LogP contribution in [0.3, 0.4) is 0 Å². The number of rotatable bonds is 6. The van der Waals surface area contributed by atoms with Crippen LogP contribution >= 0.6 is 35.6 Å². The number of hydrogen-bond acceptors (Lipinski definition) is 3. The van der Waals surface area contributed by atoms with Gasteiger partial charge in [0.2, 0.25) is 0 Å². The van der Waals surface area contributed by atoms with Crippen LogP contribution in [0.15, 0.2) is 76.3 Å². The molecule has 0 aliphatic heterocycles. The maximum absolute atomic E-state index is 12.1. The molecule has 3 N–H and O–H groups in total. The second-order valence-electron chi connectivity index (χ2n) is 6.04. The zero-order valence-electron chi connectivity index (χ0n) is 15.8. The first-order valence-corrected chi connectivity index (χ1v) is 9.14. The molecule has 1 amide bonds. The Labute approximate surface area is 191 Å². The molecular formula is C21H22ClIN4O2. The molecule has 0 atom stereocenters. The van der Waals surface area contributed by atoms with Crippen LogP contribution in [0.2, 0.25) is 5.02 Å². The van der Waals surface area contributed by atoms with Gasteiger partial charge in [-0.1, -0.05) is 35.9 Å². The van der Waals surface area contributed by atoms with E-state index < -0.39 is 0 Å². The van der Waals surface area contributed by atoms with Gasteiger partial charge in [0.25, 0.3) is 5.91 Å². The number of carbonyl (C=O) groups is 1. The van der Waals surface area contributed by atoms with Gasteiger partial charge < -0.3 is 20.4 Å². The van der Waals surface area contributed by atoms with Crippen molar-refractivity contribution < 1.29 is 9.21 Å². The zero-order valence-corrected chi connectivity index (χ0v) is 18.9. The molecule has 0 saturated carbocycles. The molecule has 0 aliphatic carbocycles. The summed E-state index contributed by atoms with van der Waals surface area (Å²) in [6, 6.07) is 18.5. The van der Waals surface area contributed by atoms with Crippen molar-refractivity contribution in [1.29, 1.82) is 0 Å². The fourth-order valence-corrected chi connectivity index (χ4v) is 2.68. The fourth-order valence-electron chi connectivity index (χ4n) is 2.55. The van der Waals surface area contributed by atoms with Gasteiger partial charge in [-0.15, -0.1) is 24.0 Å². The van der Waals surface area contributed by atoms with Crippen LogP contribution in [0.25, 0.3) is 0 Å². The number of aliphatic imine (C=N–C) groups is 1. The number of nitrogens with one attached hydrogen (secondary N) is 3. The van der Waals surface area contributed by atoms with E-state index >= 15 is 0 Å². The first-order chi connectivity index (χ1) is 13.6. The number of hydrogen-bond donors (Lipinski definition) is 3. The number of benzene rings is 2. The first-order valence-electron chi connectivity index (χ1n) is 8.77. The molecule has 3 rings (SSSR count). The summed E-state index contributed by atoms with van der Waals surface area (Å²) in [6.07, 6.45) is 1.47. The highest BCUT2D eigenvalue weighted by Gasteiger charge is 2.09. The smallest absolute Gasteiger partial charge is 0.291 e. The van der Waals surface area contributed by atoms with E-state index in [0.717, 1.165) is 11.1 Å². The van der Waals surface area contributed by atoms with Crippen molar-refractivity contribution in [3.63, 3.8) is 0 Å². The van der Waals surface area contributed by atoms with E-state index in [0.29, 0.717) is 29.8 Å². The number of nitrogens with zero attached hydrogens (tertiary/aromatic N) is 1. The molecule has 29 heavy (non-hydrogen) atoms. The van der Waals surface area contributed by atoms with Gasteiger partial charge in [-0.2, -0.15) is 0 Å². The second-order valence-corrected chi connectivity index (χ2v) is 6.47. The lowest BCUT2D eigenvalue weighted by Crippen LogP contribution is -2.36. The Hall–Kier alpha value is -2.52. The molecule has 0 bridgehead atoms. The van der Waals surface area contributed by atoms with Gasteiger partial charge in [-0.05, 0) is 47.5 Å². The summed E-state index contributed by atoms with van der Waals surface area (Å²) in [5.74, 6) is 0.672. The Morgan fingerprint density at radius 1 is 1.00 bits per heavy atom. The lowest BCUT2D eigenvalue weighted by atomic mass is 10.2. The van der Waals surface area contributed by atoms with Gasteiger partial charge in [0, 0.05) is 30.8 Å². The number of carbonyl (C=O) groups excluding carboxylic acids is 1. The number of amides is 1. The van der Waals surface area contributed by atoms with Gasteiger partial charge in [0.15, 0.2) is 11.7 Å². The van der Waals surface area contributed by atoms with Gasteiger partial charge in [-0.3, -0.25) is 9.79 Å². The van der Waals surface area contributed by atoms with Crippen LogP contribution in [0.1, 0.15) is 21.7 Å². The van der Waals surface area contributed by atoms with Crippen LogP contribution in [0.5, 0.6) is 0 Å². The van der Waals surface area contributed by atoms with Crippen molar-refractivity contribution in [1.82, 2.24) is 10.6 Å². The third-order valence-electron chi connectivity index (χ3n) is 3.99. The number of anilines is 1. The maximum Gasteiger partial charge on any atom is 0.291 e. The molecule has 152 valence electrons. The molecule has 8 heteroatoms. The summed E-state index contributed by atoms with van der Waals surface area (Å²) in [5, 5.41) is 10.0. The van der Waals surface area contributed by atoms with E-state index in [-0.39, 0.29) is 35.6 Å². The topological polar surface area (TPSA) is 78.7 Å². The molecule has 0 spiro atoms. The molecule has 0 aliphatic rings. The van der Waals surface area contributed by atoms with Crippen molar-refractivity contribution in [2.45, 2.75) is 13.1 Å². The number of halogens is 2. The molecule has 0 radical (unpaired) electrons. The fraction of sp³-hybridized carbons (Fsp3) is 0.143. The highest BCUT2D eigenvalue weighted by molar-refractivity contribution is 14.0. The standard InChI is InChI=1S/C21H21ClN4O2.HI/c1-23-21(24-13-15-7-9-17(22)10-8-15)25-14-16-4-2-5-18(12-16)26-20(27)19-6-3-11-28-19;/h2-12H,13-14H2,1H3,(H,26,27)(H2,23,24,25);1H. The maximum atomic E-state index is 12.1. The Morgan fingerprint density at radius 3 is 2.38 bits per heavy atom. The minimum absolute atomic E-state index is 0. The first kappa shape index (κ1) is 22.8. The third kappa shape index (κ3) is 7.10.